The lowest BCUT2D eigenvalue weighted by atomic mass is 10.2. The molecule has 0 radical (unpaired) electrons. The Kier molecular flexibility index (Phi) is 4.19. The minimum absolute atomic E-state index is 0.0183. The van der Waals surface area contributed by atoms with Crippen molar-refractivity contribution in [3.05, 3.63) is 45.8 Å². The number of ketones is 1. The van der Waals surface area contributed by atoms with Crippen LogP contribution in [0.4, 0.5) is 19.5 Å². The molecule has 0 unspecified atom stereocenters. The van der Waals surface area contributed by atoms with Crippen molar-refractivity contribution in [1.29, 1.82) is 5.26 Å². The third-order valence-electron chi connectivity index (χ3n) is 2.82. The molecule has 2 rings (SSSR count). The molecule has 21 heavy (non-hydrogen) atoms. The number of Topliss-reactive ketones (excluding diaryl/α,β-unsaturated/α-hetero) is 1. The van der Waals surface area contributed by atoms with Gasteiger partial charge in [-0.2, -0.15) is 5.26 Å². The highest BCUT2D eigenvalue weighted by molar-refractivity contribution is 7.18. The second-order valence-corrected chi connectivity index (χ2v) is 5.33. The summed E-state index contributed by atoms with van der Waals surface area (Å²) in [5.74, 6) is -1.36. The van der Waals surface area contributed by atoms with Gasteiger partial charge in [-0.25, -0.2) is 8.78 Å². The van der Waals surface area contributed by atoms with Crippen LogP contribution in [0.2, 0.25) is 0 Å². The molecule has 108 valence electrons. The second-order valence-electron chi connectivity index (χ2n) is 4.31. The molecule has 0 bridgehead atoms. The fourth-order valence-electron chi connectivity index (χ4n) is 1.80. The Balaban J connectivity index is 2.28. The molecule has 0 aliphatic carbocycles. The number of anilines is 2. The predicted molar refractivity (Wildman–Crippen MR) is 77.1 cm³/mol. The molecule has 0 amide bonds. The van der Waals surface area contributed by atoms with E-state index >= 15 is 0 Å². The molecule has 0 aliphatic rings. The van der Waals surface area contributed by atoms with Gasteiger partial charge in [0.05, 0.1) is 10.6 Å². The molecule has 0 atom stereocenters. The van der Waals surface area contributed by atoms with Gasteiger partial charge in [-0.15, -0.1) is 11.3 Å². The molecule has 0 spiro atoms. The Morgan fingerprint density at radius 1 is 1.48 bits per heavy atom. The minimum atomic E-state index is -0.557. The van der Waals surface area contributed by atoms with Crippen LogP contribution in [0.1, 0.15) is 27.7 Å². The maximum Gasteiger partial charge on any atom is 0.171 e. The standard InChI is InChI=1S/C14H11F2N3OS/c1-7(20)13-12(18)10(5-17)14(21-13)19-6-8-4-9(15)2-3-11(8)16/h2-4,19H,6,18H2,1H3. The van der Waals surface area contributed by atoms with E-state index in [0.717, 1.165) is 29.5 Å². The Hall–Kier alpha value is -2.46. The quantitative estimate of drug-likeness (QED) is 0.849. The lowest BCUT2D eigenvalue weighted by Gasteiger charge is -2.06. The summed E-state index contributed by atoms with van der Waals surface area (Å²) in [4.78, 5) is 11.7. The monoisotopic (exact) mass is 307 g/mol. The van der Waals surface area contributed by atoms with Crippen LogP contribution in [0.15, 0.2) is 18.2 Å². The first kappa shape index (κ1) is 14.9. The zero-order valence-corrected chi connectivity index (χ0v) is 11.9. The van der Waals surface area contributed by atoms with Crippen molar-refractivity contribution in [2.45, 2.75) is 13.5 Å². The van der Waals surface area contributed by atoms with Crippen LogP contribution in [0.25, 0.3) is 0 Å². The Morgan fingerprint density at radius 2 is 2.19 bits per heavy atom. The van der Waals surface area contributed by atoms with Gasteiger partial charge < -0.3 is 11.1 Å². The van der Waals surface area contributed by atoms with E-state index in [0.29, 0.717) is 5.00 Å². The van der Waals surface area contributed by atoms with Crippen molar-refractivity contribution in [3.63, 3.8) is 0 Å². The van der Waals surface area contributed by atoms with Crippen molar-refractivity contribution in [3.8, 4) is 6.07 Å². The third kappa shape index (κ3) is 3.01. The SMILES string of the molecule is CC(=O)c1sc(NCc2cc(F)ccc2F)c(C#N)c1N. The number of nitrogens with zero attached hydrogens (tertiary/aromatic N) is 1. The van der Waals surface area contributed by atoms with Gasteiger partial charge in [0, 0.05) is 19.0 Å². The van der Waals surface area contributed by atoms with Crippen molar-refractivity contribution in [1.82, 2.24) is 0 Å². The predicted octanol–water partition coefficient (Wildman–Crippen LogP) is 3.29. The number of hydrogen-bond donors (Lipinski definition) is 2. The van der Waals surface area contributed by atoms with E-state index in [-0.39, 0.29) is 34.0 Å². The van der Waals surface area contributed by atoms with E-state index in [2.05, 4.69) is 5.32 Å². The van der Waals surface area contributed by atoms with E-state index in [4.69, 9.17) is 11.0 Å². The number of carbonyl (C=O) groups excluding carboxylic acids is 1. The molecule has 4 nitrogen and oxygen atoms in total. The van der Waals surface area contributed by atoms with Crippen LogP contribution in [0.5, 0.6) is 0 Å². The fraction of sp³-hybridized carbons (Fsp3) is 0.143. The topological polar surface area (TPSA) is 78.9 Å². The molecular weight excluding hydrogens is 296 g/mol. The molecule has 0 aliphatic heterocycles. The molecule has 0 saturated carbocycles. The number of halogens is 2. The molecule has 1 aromatic heterocycles. The van der Waals surface area contributed by atoms with Crippen LogP contribution in [0, 0.1) is 23.0 Å². The van der Waals surface area contributed by atoms with E-state index in [1.54, 1.807) is 0 Å². The van der Waals surface area contributed by atoms with Gasteiger partial charge in [0.25, 0.3) is 0 Å². The highest BCUT2D eigenvalue weighted by Crippen LogP contribution is 2.35. The van der Waals surface area contributed by atoms with E-state index in [1.165, 1.54) is 6.92 Å². The van der Waals surface area contributed by atoms with Gasteiger partial charge in [0.15, 0.2) is 5.78 Å². The van der Waals surface area contributed by atoms with Crippen molar-refractivity contribution < 1.29 is 13.6 Å². The van der Waals surface area contributed by atoms with E-state index in [1.807, 2.05) is 6.07 Å². The van der Waals surface area contributed by atoms with Crippen molar-refractivity contribution in [2.24, 2.45) is 0 Å². The van der Waals surface area contributed by atoms with Gasteiger partial charge in [0.2, 0.25) is 0 Å². The molecule has 2 aromatic rings. The van der Waals surface area contributed by atoms with Crippen LogP contribution in [0.3, 0.4) is 0 Å². The van der Waals surface area contributed by atoms with Crippen molar-refractivity contribution in [2.75, 3.05) is 11.1 Å². The molecule has 1 aromatic carbocycles. The van der Waals surface area contributed by atoms with Gasteiger partial charge >= 0.3 is 0 Å². The van der Waals surface area contributed by atoms with E-state index < -0.39 is 11.6 Å². The largest absolute Gasteiger partial charge is 0.396 e. The second kappa shape index (κ2) is 5.89. The van der Waals surface area contributed by atoms with Crippen LogP contribution < -0.4 is 11.1 Å². The Labute approximate surface area is 123 Å². The molecule has 0 fully saturated rings. The number of nitriles is 1. The first-order valence-corrected chi connectivity index (χ1v) is 6.76. The number of carbonyl (C=O) groups is 1. The lowest BCUT2D eigenvalue weighted by molar-refractivity contribution is 0.102. The molecule has 7 heteroatoms. The summed E-state index contributed by atoms with van der Waals surface area (Å²) >= 11 is 1.02. The summed E-state index contributed by atoms with van der Waals surface area (Å²) in [5, 5.41) is 12.3. The number of rotatable bonds is 4. The van der Waals surface area contributed by atoms with Crippen LogP contribution in [-0.4, -0.2) is 5.78 Å². The molecule has 0 saturated heterocycles. The molecule has 3 N–H and O–H groups in total. The number of nitrogens with two attached hydrogens (primary N) is 1. The van der Waals surface area contributed by atoms with Gasteiger partial charge in [-0.05, 0) is 18.2 Å². The number of thiophene rings is 1. The normalized spacial score (nSPS) is 10.2. The summed E-state index contributed by atoms with van der Waals surface area (Å²) in [6, 6.07) is 5.02. The number of nitrogens with one attached hydrogen (secondary N) is 1. The smallest absolute Gasteiger partial charge is 0.171 e. The van der Waals surface area contributed by atoms with Gasteiger partial charge in [0.1, 0.15) is 28.3 Å². The summed E-state index contributed by atoms with van der Waals surface area (Å²) in [5.41, 5.74) is 6.10. The summed E-state index contributed by atoms with van der Waals surface area (Å²) < 4.78 is 26.6. The summed E-state index contributed by atoms with van der Waals surface area (Å²) in [7, 11) is 0. The Morgan fingerprint density at radius 3 is 2.81 bits per heavy atom. The average molecular weight is 307 g/mol. The number of nitrogen functional groups attached to an aromatic ring is 1. The van der Waals surface area contributed by atoms with Crippen LogP contribution >= 0.6 is 11.3 Å². The lowest BCUT2D eigenvalue weighted by Crippen LogP contribution is -2.02. The minimum Gasteiger partial charge on any atom is -0.396 e. The zero-order valence-electron chi connectivity index (χ0n) is 11.0. The first-order chi connectivity index (χ1) is 9.93. The van der Waals surface area contributed by atoms with Crippen LogP contribution in [-0.2, 0) is 6.54 Å². The molecule has 1 heterocycles. The van der Waals surface area contributed by atoms with E-state index in [9.17, 15) is 13.6 Å². The zero-order chi connectivity index (χ0) is 15.6. The molecular formula is C14H11F2N3OS. The highest BCUT2D eigenvalue weighted by Gasteiger charge is 2.18. The van der Waals surface area contributed by atoms with Gasteiger partial charge in [-0.3, -0.25) is 4.79 Å². The maximum atomic E-state index is 13.5. The first-order valence-electron chi connectivity index (χ1n) is 5.95. The summed E-state index contributed by atoms with van der Waals surface area (Å²) in [6.45, 7) is 1.33. The average Bonchev–Trinajstić information content (AvgIpc) is 2.76. The van der Waals surface area contributed by atoms with Gasteiger partial charge in [-0.1, -0.05) is 0 Å². The highest BCUT2D eigenvalue weighted by atomic mass is 32.1. The Bertz CT molecular complexity index is 749. The number of hydrogen-bond acceptors (Lipinski definition) is 5. The maximum absolute atomic E-state index is 13.5. The fourth-order valence-corrected chi connectivity index (χ4v) is 2.76. The summed E-state index contributed by atoms with van der Waals surface area (Å²) in [6.07, 6.45) is 0. The van der Waals surface area contributed by atoms with Crippen molar-refractivity contribution >= 4 is 27.8 Å². The number of benzene rings is 1. The third-order valence-corrected chi connectivity index (χ3v) is 4.09.